The van der Waals surface area contributed by atoms with E-state index in [9.17, 15) is 9.90 Å². The molecule has 1 fully saturated rings. The third-order valence-electron chi connectivity index (χ3n) is 4.71. The van der Waals surface area contributed by atoms with Gasteiger partial charge in [0.1, 0.15) is 0 Å². The minimum atomic E-state index is -0.677. The largest absolute Gasteiger partial charge is 0.481 e. The predicted molar refractivity (Wildman–Crippen MR) is 74.1 cm³/mol. The molecule has 0 saturated carbocycles. The van der Waals surface area contributed by atoms with E-state index in [1.807, 2.05) is 0 Å². The quantitative estimate of drug-likeness (QED) is 0.907. The number of hydrogen-bond donors (Lipinski definition) is 1. The van der Waals surface area contributed by atoms with Crippen molar-refractivity contribution in [3.8, 4) is 0 Å². The lowest BCUT2D eigenvalue weighted by atomic mass is 9.73. The molecule has 19 heavy (non-hydrogen) atoms. The highest BCUT2D eigenvalue weighted by Gasteiger charge is 2.44. The van der Waals surface area contributed by atoms with Crippen LogP contribution < -0.4 is 0 Å². The summed E-state index contributed by atoms with van der Waals surface area (Å²) in [6.07, 6.45) is 5.81. The van der Waals surface area contributed by atoms with Crippen LogP contribution in [0.4, 0.5) is 0 Å². The minimum absolute atomic E-state index is 0.240. The fraction of sp³-hybridized carbons (Fsp3) is 0.562. The van der Waals surface area contributed by atoms with Gasteiger partial charge in [0.15, 0.2) is 0 Å². The number of fused-ring (bicyclic) bond motifs is 1. The molecule has 1 unspecified atom stereocenters. The van der Waals surface area contributed by atoms with Crippen LogP contribution in [-0.4, -0.2) is 29.1 Å². The van der Waals surface area contributed by atoms with Crippen LogP contribution >= 0.6 is 0 Å². The molecule has 3 rings (SSSR count). The highest BCUT2D eigenvalue weighted by molar-refractivity contribution is 5.69. The molecule has 1 saturated heterocycles. The summed E-state index contributed by atoms with van der Waals surface area (Å²) in [5.74, 6) is -0.677. The molecule has 0 aromatic heterocycles. The molecule has 1 aliphatic carbocycles. The third-order valence-corrected chi connectivity index (χ3v) is 4.71. The highest BCUT2D eigenvalue weighted by Crippen LogP contribution is 2.44. The number of aliphatic carboxylic acids is 1. The zero-order valence-electron chi connectivity index (χ0n) is 11.3. The molecule has 0 amide bonds. The first-order chi connectivity index (χ1) is 9.22. The van der Waals surface area contributed by atoms with Crippen LogP contribution in [0.2, 0.25) is 0 Å². The molecule has 0 radical (unpaired) electrons. The van der Waals surface area contributed by atoms with Crippen molar-refractivity contribution in [1.29, 1.82) is 0 Å². The molecule has 0 bridgehead atoms. The Morgan fingerprint density at radius 3 is 2.68 bits per heavy atom. The first kappa shape index (κ1) is 12.7. The van der Waals surface area contributed by atoms with E-state index in [1.54, 1.807) is 0 Å². The molecule has 3 heteroatoms. The van der Waals surface area contributed by atoms with E-state index >= 15 is 0 Å². The summed E-state index contributed by atoms with van der Waals surface area (Å²) in [5, 5.41) is 9.39. The van der Waals surface area contributed by atoms with Gasteiger partial charge in [-0.1, -0.05) is 24.3 Å². The molecule has 1 aliphatic heterocycles. The van der Waals surface area contributed by atoms with E-state index in [0.717, 1.165) is 32.4 Å². The van der Waals surface area contributed by atoms with E-state index < -0.39 is 5.97 Å². The van der Waals surface area contributed by atoms with Crippen LogP contribution in [0.1, 0.15) is 43.2 Å². The maximum Gasteiger partial charge on any atom is 0.305 e. The van der Waals surface area contributed by atoms with Gasteiger partial charge in [0.25, 0.3) is 0 Å². The van der Waals surface area contributed by atoms with Gasteiger partial charge in [0.05, 0.1) is 12.0 Å². The standard InChI is InChI=1S/C16H21NO2/c18-15(19)12-16(17-10-3-4-11-17)9-5-7-13-6-1-2-8-14(13)16/h1-2,6,8H,3-5,7,9-12H2,(H,18,19). The van der Waals surface area contributed by atoms with Gasteiger partial charge in [-0.05, 0) is 56.3 Å². The Bertz CT molecular complexity index is 479. The highest BCUT2D eigenvalue weighted by atomic mass is 16.4. The average Bonchev–Trinajstić information content (AvgIpc) is 2.93. The summed E-state index contributed by atoms with van der Waals surface area (Å²) in [7, 11) is 0. The molecule has 1 N–H and O–H groups in total. The Labute approximate surface area is 114 Å². The SMILES string of the molecule is O=C(O)CC1(N2CCCC2)CCCc2ccccc21. The van der Waals surface area contributed by atoms with Crippen molar-refractivity contribution in [2.75, 3.05) is 13.1 Å². The van der Waals surface area contributed by atoms with E-state index in [2.05, 4.69) is 29.2 Å². The summed E-state index contributed by atoms with van der Waals surface area (Å²) < 4.78 is 0. The summed E-state index contributed by atoms with van der Waals surface area (Å²) in [6.45, 7) is 2.09. The van der Waals surface area contributed by atoms with Crippen molar-refractivity contribution in [3.05, 3.63) is 35.4 Å². The molecular formula is C16H21NO2. The fourth-order valence-corrected chi connectivity index (χ4v) is 3.92. The predicted octanol–water partition coefficient (Wildman–Crippen LogP) is 2.79. The number of carboxylic acid groups (broad SMARTS) is 1. The van der Waals surface area contributed by atoms with Crippen molar-refractivity contribution in [2.45, 2.75) is 44.1 Å². The maximum atomic E-state index is 11.4. The first-order valence-corrected chi connectivity index (χ1v) is 7.28. The van der Waals surface area contributed by atoms with Gasteiger partial charge in [-0.15, -0.1) is 0 Å². The molecule has 1 aromatic carbocycles. The second kappa shape index (κ2) is 4.97. The van der Waals surface area contributed by atoms with Gasteiger partial charge in [0.2, 0.25) is 0 Å². The van der Waals surface area contributed by atoms with E-state index in [1.165, 1.54) is 24.0 Å². The summed E-state index contributed by atoms with van der Waals surface area (Å²) >= 11 is 0. The lowest BCUT2D eigenvalue weighted by Gasteiger charge is -2.45. The molecule has 102 valence electrons. The molecule has 1 heterocycles. The molecule has 0 spiro atoms. The number of hydrogen-bond acceptors (Lipinski definition) is 2. The molecular weight excluding hydrogens is 238 g/mol. The van der Waals surface area contributed by atoms with Gasteiger partial charge in [-0.25, -0.2) is 0 Å². The van der Waals surface area contributed by atoms with Crippen LogP contribution in [0.5, 0.6) is 0 Å². The summed E-state index contributed by atoms with van der Waals surface area (Å²) in [4.78, 5) is 13.8. The minimum Gasteiger partial charge on any atom is -0.481 e. The van der Waals surface area contributed by atoms with Crippen molar-refractivity contribution in [2.24, 2.45) is 0 Å². The van der Waals surface area contributed by atoms with Crippen LogP contribution in [-0.2, 0) is 16.8 Å². The van der Waals surface area contributed by atoms with E-state index in [0.29, 0.717) is 0 Å². The zero-order valence-corrected chi connectivity index (χ0v) is 11.3. The normalized spacial score (nSPS) is 27.2. The Morgan fingerprint density at radius 1 is 1.21 bits per heavy atom. The number of likely N-dealkylation sites (tertiary alicyclic amines) is 1. The number of nitrogens with zero attached hydrogens (tertiary/aromatic N) is 1. The van der Waals surface area contributed by atoms with Gasteiger partial charge < -0.3 is 5.11 Å². The number of carbonyl (C=O) groups is 1. The Hall–Kier alpha value is -1.35. The lowest BCUT2D eigenvalue weighted by Crippen LogP contribution is -2.48. The summed E-state index contributed by atoms with van der Waals surface area (Å²) in [6, 6.07) is 8.44. The summed E-state index contributed by atoms with van der Waals surface area (Å²) in [5.41, 5.74) is 2.37. The number of rotatable bonds is 3. The third kappa shape index (κ3) is 2.16. The zero-order chi connectivity index (χ0) is 13.3. The van der Waals surface area contributed by atoms with Gasteiger partial charge >= 0.3 is 5.97 Å². The fourth-order valence-electron chi connectivity index (χ4n) is 3.92. The Balaban J connectivity index is 2.06. The monoisotopic (exact) mass is 259 g/mol. The number of carboxylic acids is 1. The van der Waals surface area contributed by atoms with Gasteiger partial charge in [-0.2, -0.15) is 0 Å². The molecule has 1 atom stereocenters. The van der Waals surface area contributed by atoms with Crippen molar-refractivity contribution in [3.63, 3.8) is 0 Å². The van der Waals surface area contributed by atoms with Crippen molar-refractivity contribution in [1.82, 2.24) is 4.90 Å². The van der Waals surface area contributed by atoms with Crippen molar-refractivity contribution < 1.29 is 9.90 Å². The number of aryl methyl sites for hydroxylation is 1. The van der Waals surface area contributed by atoms with E-state index in [4.69, 9.17) is 0 Å². The van der Waals surface area contributed by atoms with Gasteiger partial charge in [0, 0.05) is 0 Å². The van der Waals surface area contributed by atoms with Crippen LogP contribution in [0.25, 0.3) is 0 Å². The second-order valence-corrected chi connectivity index (χ2v) is 5.81. The Kier molecular flexibility index (Phi) is 3.31. The van der Waals surface area contributed by atoms with E-state index in [-0.39, 0.29) is 12.0 Å². The molecule has 2 aliphatic rings. The number of benzene rings is 1. The Morgan fingerprint density at radius 2 is 1.95 bits per heavy atom. The van der Waals surface area contributed by atoms with Crippen molar-refractivity contribution >= 4 is 5.97 Å². The first-order valence-electron chi connectivity index (χ1n) is 7.28. The second-order valence-electron chi connectivity index (χ2n) is 5.81. The van der Waals surface area contributed by atoms with Crippen LogP contribution in [0.3, 0.4) is 0 Å². The van der Waals surface area contributed by atoms with Crippen LogP contribution in [0, 0.1) is 0 Å². The topological polar surface area (TPSA) is 40.5 Å². The average molecular weight is 259 g/mol. The lowest BCUT2D eigenvalue weighted by molar-refractivity contribution is -0.141. The maximum absolute atomic E-state index is 11.4. The molecule has 1 aromatic rings. The molecule has 3 nitrogen and oxygen atoms in total. The smallest absolute Gasteiger partial charge is 0.305 e. The van der Waals surface area contributed by atoms with Crippen LogP contribution in [0.15, 0.2) is 24.3 Å². The van der Waals surface area contributed by atoms with Gasteiger partial charge in [-0.3, -0.25) is 9.69 Å².